The minimum atomic E-state index is -0.478. The van der Waals surface area contributed by atoms with Crippen LogP contribution in [0.2, 0.25) is 0 Å². The van der Waals surface area contributed by atoms with Crippen molar-refractivity contribution in [3.8, 4) is 0 Å². The lowest BCUT2D eigenvalue weighted by Gasteiger charge is -2.13. The number of hydrogen-bond donors (Lipinski definition) is 0. The van der Waals surface area contributed by atoms with Crippen molar-refractivity contribution in [3.05, 3.63) is 22.6 Å². The molecule has 0 saturated heterocycles. The van der Waals surface area contributed by atoms with Gasteiger partial charge in [0.15, 0.2) is 0 Å². The number of rotatable bonds is 2. The predicted molar refractivity (Wildman–Crippen MR) is 77.6 cm³/mol. The minimum Gasteiger partial charge on any atom is -0.288 e. The molecule has 0 spiro atoms. The molecule has 0 aromatic rings. The maximum atomic E-state index is 11.2. The third kappa shape index (κ3) is 8.44. The first-order valence-electron chi connectivity index (χ1n) is 7.60. The summed E-state index contributed by atoms with van der Waals surface area (Å²) in [6, 6.07) is 0. The van der Waals surface area contributed by atoms with Gasteiger partial charge in [0.2, 0.25) is 5.91 Å². The van der Waals surface area contributed by atoms with E-state index in [1.807, 2.05) is 6.08 Å². The van der Waals surface area contributed by atoms with Crippen molar-refractivity contribution < 1.29 is 4.79 Å². The first-order valence-corrected chi connectivity index (χ1v) is 7.60. The van der Waals surface area contributed by atoms with Crippen molar-refractivity contribution in [3.63, 3.8) is 0 Å². The van der Waals surface area contributed by atoms with Gasteiger partial charge in [-0.1, -0.05) is 63.9 Å². The van der Waals surface area contributed by atoms with E-state index in [-0.39, 0.29) is 0 Å². The van der Waals surface area contributed by atoms with E-state index in [4.69, 9.17) is 5.53 Å². The number of carbonyl (C=O) groups excluding carboxylic acids is 1. The second-order valence-corrected chi connectivity index (χ2v) is 5.41. The second kappa shape index (κ2) is 10.6. The van der Waals surface area contributed by atoms with Crippen LogP contribution in [-0.2, 0) is 4.79 Å². The molecular formula is C15H25N3O. The Morgan fingerprint density at radius 1 is 0.947 bits per heavy atom. The summed E-state index contributed by atoms with van der Waals surface area (Å²) >= 11 is 0. The van der Waals surface area contributed by atoms with E-state index in [1.165, 1.54) is 63.9 Å². The van der Waals surface area contributed by atoms with Crippen LogP contribution in [0.25, 0.3) is 10.4 Å². The molecule has 19 heavy (non-hydrogen) atoms. The Morgan fingerprint density at radius 3 is 1.89 bits per heavy atom. The van der Waals surface area contributed by atoms with Gasteiger partial charge >= 0.3 is 0 Å². The molecule has 1 rings (SSSR count). The Labute approximate surface area is 115 Å². The average Bonchev–Trinajstić information content (AvgIpc) is 2.38. The molecule has 4 nitrogen and oxygen atoms in total. The van der Waals surface area contributed by atoms with Crippen molar-refractivity contribution in [1.29, 1.82) is 0 Å². The van der Waals surface area contributed by atoms with E-state index in [2.05, 4.69) is 10.0 Å². The molecule has 1 saturated carbocycles. The summed E-state index contributed by atoms with van der Waals surface area (Å²) in [5, 5.41) is 3.07. The molecule has 4 heteroatoms. The highest BCUT2D eigenvalue weighted by Crippen LogP contribution is 2.21. The Bertz CT molecular complexity index is 320. The summed E-state index contributed by atoms with van der Waals surface area (Å²) in [6.07, 6.45) is 17.6. The van der Waals surface area contributed by atoms with E-state index < -0.39 is 5.91 Å². The topological polar surface area (TPSA) is 65.8 Å². The molecule has 0 radical (unpaired) electrons. The van der Waals surface area contributed by atoms with Crippen LogP contribution in [0.5, 0.6) is 0 Å². The van der Waals surface area contributed by atoms with Gasteiger partial charge < -0.3 is 0 Å². The largest absolute Gasteiger partial charge is 0.288 e. The van der Waals surface area contributed by atoms with Crippen molar-refractivity contribution in [2.45, 2.75) is 70.6 Å². The van der Waals surface area contributed by atoms with Crippen molar-refractivity contribution in [2.24, 2.45) is 11.0 Å². The van der Waals surface area contributed by atoms with Crippen LogP contribution in [0.4, 0.5) is 0 Å². The quantitative estimate of drug-likeness (QED) is 0.288. The van der Waals surface area contributed by atoms with Gasteiger partial charge in [0.1, 0.15) is 0 Å². The van der Waals surface area contributed by atoms with E-state index in [0.29, 0.717) is 5.92 Å². The lowest BCUT2D eigenvalue weighted by molar-refractivity contribution is -0.113. The fourth-order valence-corrected chi connectivity index (χ4v) is 2.68. The number of amides is 1. The Hall–Kier alpha value is -1.28. The Morgan fingerprint density at radius 2 is 1.42 bits per heavy atom. The van der Waals surface area contributed by atoms with E-state index in [0.717, 1.165) is 12.8 Å². The molecule has 0 bridgehead atoms. The zero-order valence-electron chi connectivity index (χ0n) is 11.8. The molecule has 1 fully saturated rings. The highest BCUT2D eigenvalue weighted by atomic mass is 16.1. The van der Waals surface area contributed by atoms with Crippen LogP contribution in [-0.4, -0.2) is 5.91 Å². The molecule has 0 aliphatic heterocycles. The number of hydrogen-bond acceptors (Lipinski definition) is 1. The van der Waals surface area contributed by atoms with Gasteiger partial charge in [-0.3, -0.25) is 4.79 Å². The van der Waals surface area contributed by atoms with Crippen molar-refractivity contribution in [2.75, 3.05) is 0 Å². The van der Waals surface area contributed by atoms with Crippen LogP contribution < -0.4 is 0 Å². The average molecular weight is 263 g/mol. The summed E-state index contributed by atoms with van der Waals surface area (Å²) in [5.41, 5.74) is 8.19. The molecule has 1 aliphatic rings. The highest BCUT2D eigenvalue weighted by Gasteiger charge is 2.06. The summed E-state index contributed by atoms with van der Waals surface area (Å²) in [6.45, 7) is 0. The third-order valence-corrected chi connectivity index (χ3v) is 3.80. The van der Waals surface area contributed by atoms with Gasteiger partial charge in [0.05, 0.1) is 0 Å². The maximum Gasteiger partial charge on any atom is 0.241 e. The molecule has 106 valence electrons. The summed E-state index contributed by atoms with van der Waals surface area (Å²) in [5.74, 6) is -0.00844. The number of nitrogens with zero attached hydrogens (tertiary/aromatic N) is 3. The van der Waals surface area contributed by atoms with Crippen LogP contribution in [0.15, 0.2) is 17.3 Å². The summed E-state index contributed by atoms with van der Waals surface area (Å²) in [7, 11) is 0. The smallest absolute Gasteiger partial charge is 0.241 e. The normalized spacial score (nSPS) is 20.2. The SMILES string of the molecule is [N-]=[N+]=NC(=O)/C=C/C1CCCCCCCCCCC1. The lowest BCUT2D eigenvalue weighted by atomic mass is 9.92. The zero-order chi connectivity index (χ0) is 13.8. The first kappa shape index (κ1) is 15.8. The third-order valence-electron chi connectivity index (χ3n) is 3.80. The van der Waals surface area contributed by atoms with Crippen molar-refractivity contribution >= 4 is 5.91 Å². The van der Waals surface area contributed by atoms with E-state index in [1.54, 1.807) is 0 Å². The standard InChI is InChI=1S/C15H25N3O/c16-18-17-15(19)13-12-14-10-8-6-4-2-1-3-5-7-9-11-14/h12-14H,1-11H2/b13-12+. The number of azide groups is 1. The molecule has 0 unspecified atom stereocenters. The summed E-state index contributed by atoms with van der Waals surface area (Å²) in [4.78, 5) is 13.7. The first-order chi connectivity index (χ1) is 9.33. The molecule has 0 heterocycles. The van der Waals surface area contributed by atoms with Gasteiger partial charge in [-0.15, -0.1) is 0 Å². The van der Waals surface area contributed by atoms with Gasteiger partial charge in [0.25, 0.3) is 0 Å². The van der Waals surface area contributed by atoms with Gasteiger partial charge in [0, 0.05) is 4.91 Å². The predicted octanol–water partition coefficient (Wildman–Crippen LogP) is 5.30. The van der Waals surface area contributed by atoms with Crippen molar-refractivity contribution in [1.82, 2.24) is 0 Å². The minimum absolute atomic E-state index is 0.470. The second-order valence-electron chi connectivity index (χ2n) is 5.41. The Balaban J connectivity index is 2.42. The fourth-order valence-electron chi connectivity index (χ4n) is 2.68. The van der Waals surface area contributed by atoms with Crippen LogP contribution in [0.1, 0.15) is 70.6 Å². The zero-order valence-corrected chi connectivity index (χ0v) is 11.8. The molecule has 0 atom stereocenters. The fraction of sp³-hybridized carbons (Fsp3) is 0.800. The van der Waals surface area contributed by atoms with Gasteiger partial charge in [-0.25, -0.2) is 0 Å². The summed E-state index contributed by atoms with van der Waals surface area (Å²) < 4.78 is 0. The molecular weight excluding hydrogens is 238 g/mol. The lowest BCUT2D eigenvalue weighted by Crippen LogP contribution is -1.99. The Kier molecular flexibility index (Phi) is 8.82. The molecule has 0 aromatic carbocycles. The molecule has 1 aliphatic carbocycles. The monoisotopic (exact) mass is 263 g/mol. The number of allylic oxidation sites excluding steroid dienone is 1. The van der Waals surface area contributed by atoms with Crippen LogP contribution in [0.3, 0.4) is 0 Å². The van der Waals surface area contributed by atoms with E-state index in [9.17, 15) is 4.79 Å². The van der Waals surface area contributed by atoms with Crippen LogP contribution in [0, 0.1) is 5.92 Å². The highest BCUT2D eigenvalue weighted by molar-refractivity contribution is 5.88. The van der Waals surface area contributed by atoms with E-state index >= 15 is 0 Å². The molecule has 0 N–H and O–H groups in total. The van der Waals surface area contributed by atoms with Gasteiger partial charge in [-0.2, -0.15) is 0 Å². The van der Waals surface area contributed by atoms with Gasteiger partial charge in [-0.05, 0) is 35.5 Å². The van der Waals surface area contributed by atoms with Crippen LogP contribution >= 0.6 is 0 Å². The maximum absolute atomic E-state index is 11.2. The molecule has 1 amide bonds. The number of carbonyl (C=O) groups is 1. The molecule has 0 aromatic heterocycles.